The van der Waals surface area contributed by atoms with Crippen LogP contribution in [0.2, 0.25) is 0 Å². The zero-order chi connectivity index (χ0) is 26.7. The molecule has 36 heavy (non-hydrogen) atoms. The van der Waals surface area contributed by atoms with Crippen molar-refractivity contribution in [1.29, 1.82) is 0 Å². The maximum absolute atomic E-state index is 11.3. The average Bonchev–Trinajstić information content (AvgIpc) is 3.22. The van der Waals surface area contributed by atoms with E-state index < -0.39 is 36.0 Å². The summed E-state index contributed by atoms with van der Waals surface area (Å²) in [6.07, 6.45) is 1.82. The molecule has 0 bridgehead atoms. The minimum atomic E-state index is -2.27. The summed E-state index contributed by atoms with van der Waals surface area (Å²) in [6.45, 7) is 5.00. The number of aromatic amines is 1. The van der Waals surface area contributed by atoms with Gasteiger partial charge in [-0.15, -0.1) is 0 Å². The Hall–Kier alpha value is -3.25. The van der Waals surface area contributed by atoms with Gasteiger partial charge in [-0.3, -0.25) is 9.69 Å². The molecule has 0 radical (unpaired) electrons. The van der Waals surface area contributed by atoms with Gasteiger partial charge in [0.2, 0.25) is 0 Å². The smallest absolute Gasteiger partial charge is 0.335 e. The third kappa shape index (κ3) is 5.93. The highest BCUT2D eigenvalue weighted by atomic mass is 16.4. The van der Waals surface area contributed by atoms with Crippen LogP contribution >= 0.6 is 0 Å². The Morgan fingerprint density at radius 3 is 2.08 bits per heavy atom. The SMILES string of the molecule is CN1C[C@H](C(=O)O)C=C2c3cccc4[nH]cc(c34)C[C@H]21.C[C@H]1C[C@H](C)N1.O=C(O)[C@H](O)[C@@H](O)C(=O)O. The van der Waals surface area contributed by atoms with Crippen molar-refractivity contribution in [2.45, 2.75) is 57.0 Å². The van der Waals surface area contributed by atoms with E-state index in [9.17, 15) is 19.5 Å². The first-order valence-electron chi connectivity index (χ1n) is 11.7. The molecule has 1 aromatic carbocycles. The molecule has 0 spiro atoms. The van der Waals surface area contributed by atoms with E-state index in [1.165, 1.54) is 28.5 Å². The number of aliphatic carboxylic acids is 3. The van der Waals surface area contributed by atoms with E-state index in [0.717, 1.165) is 24.0 Å². The van der Waals surface area contributed by atoms with Gasteiger partial charge in [0.15, 0.2) is 12.2 Å². The summed E-state index contributed by atoms with van der Waals surface area (Å²) >= 11 is 0. The number of aliphatic hydroxyl groups excluding tert-OH is 2. The molecule has 1 aliphatic carbocycles. The molecule has 1 aromatic heterocycles. The maximum Gasteiger partial charge on any atom is 0.335 e. The minimum Gasteiger partial charge on any atom is -0.481 e. The summed E-state index contributed by atoms with van der Waals surface area (Å²) in [6, 6.07) is 8.09. The fourth-order valence-corrected chi connectivity index (χ4v) is 4.87. The Bertz CT molecular complexity index is 1130. The lowest BCUT2D eigenvalue weighted by Crippen LogP contribution is -2.48. The molecule has 1 saturated heterocycles. The van der Waals surface area contributed by atoms with Gasteiger partial charge in [0.25, 0.3) is 0 Å². The predicted octanol–water partition coefficient (Wildman–Crippen LogP) is 0.756. The minimum absolute atomic E-state index is 0.291. The van der Waals surface area contributed by atoms with Crippen molar-refractivity contribution in [3.05, 3.63) is 41.6 Å². The van der Waals surface area contributed by atoms with Crippen LogP contribution in [0.25, 0.3) is 16.5 Å². The molecule has 2 aliphatic heterocycles. The molecule has 0 saturated carbocycles. The molecule has 3 heterocycles. The predicted molar refractivity (Wildman–Crippen MR) is 131 cm³/mol. The van der Waals surface area contributed by atoms with Gasteiger partial charge >= 0.3 is 17.9 Å². The summed E-state index contributed by atoms with van der Waals surface area (Å²) in [5, 5.41) is 46.4. The Morgan fingerprint density at radius 1 is 1.03 bits per heavy atom. The second-order valence-corrected chi connectivity index (χ2v) is 9.54. The number of aliphatic hydroxyl groups is 2. The number of aromatic nitrogens is 1. The van der Waals surface area contributed by atoms with Gasteiger partial charge in [0.05, 0.1) is 5.92 Å². The van der Waals surface area contributed by atoms with Crippen molar-refractivity contribution in [3.63, 3.8) is 0 Å². The van der Waals surface area contributed by atoms with E-state index in [2.05, 4.69) is 47.4 Å². The topological polar surface area (TPSA) is 183 Å². The first-order valence-corrected chi connectivity index (χ1v) is 11.7. The van der Waals surface area contributed by atoms with Gasteiger partial charge in [-0.25, -0.2) is 9.59 Å². The van der Waals surface area contributed by atoms with Crippen LogP contribution in [-0.4, -0.2) is 97.3 Å². The Kier molecular flexibility index (Phi) is 8.51. The normalized spacial score (nSPS) is 26.0. The van der Waals surface area contributed by atoms with Gasteiger partial charge < -0.3 is 35.8 Å². The van der Waals surface area contributed by atoms with Crippen molar-refractivity contribution in [2.75, 3.05) is 13.6 Å². The number of rotatable bonds is 4. The number of fused-ring (bicyclic) bond motifs is 2. The van der Waals surface area contributed by atoms with Crippen molar-refractivity contribution in [1.82, 2.24) is 15.2 Å². The number of H-pyrrole nitrogens is 1. The lowest BCUT2D eigenvalue weighted by molar-refractivity contribution is -0.165. The zero-order valence-corrected chi connectivity index (χ0v) is 20.4. The molecular formula is C25H33N3O8. The summed E-state index contributed by atoms with van der Waals surface area (Å²) in [7, 11) is 2.02. The van der Waals surface area contributed by atoms with Gasteiger partial charge in [0.1, 0.15) is 0 Å². The van der Waals surface area contributed by atoms with E-state index in [1.807, 2.05) is 19.2 Å². The highest BCUT2D eigenvalue weighted by molar-refractivity contribution is 5.99. The van der Waals surface area contributed by atoms with Crippen LogP contribution in [0.5, 0.6) is 0 Å². The molecule has 6 atom stereocenters. The molecule has 11 nitrogen and oxygen atoms in total. The standard InChI is InChI=1S/C16H16N2O2.C5H11N.C4H6O6/c1-18-8-10(16(19)20)5-12-11-3-2-4-13-15(11)9(7-17-13)6-14(12)18;1-4-3-5(2)6-4;5-1(3(7)8)2(6)4(9)10/h2-5,7,10,14,17H,6,8H2,1H3,(H,19,20);4-6H,3H2,1-2H3;1-2,5-6H,(H,7,8)(H,9,10)/t10-,14-;4-,5-;1-,2-/m101/s1. The number of benzene rings is 1. The third-order valence-corrected chi connectivity index (χ3v) is 6.67. The molecule has 196 valence electrons. The van der Waals surface area contributed by atoms with Gasteiger partial charge in [0, 0.05) is 41.8 Å². The largest absolute Gasteiger partial charge is 0.481 e. The van der Waals surface area contributed by atoms with Crippen LogP contribution in [0, 0.1) is 5.92 Å². The Morgan fingerprint density at radius 2 is 1.61 bits per heavy atom. The number of carbonyl (C=O) groups is 3. The molecule has 1 fully saturated rings. The van der Waals surface area contributed by atoms with Gasteiger partial charge in [-0.2, -0.15) is 0 Å². The van der Waals surface area contributed by atoms with Crippen molar-refractivity contribution >= 4 is 34.4 Å². The van der Waals surface area contributed by atoms with Gasteiger partial charge in [-0.1, -0.05) is 18.2 Å². The summed E-state index contributed by atoms with van der Waals surface area (Å²) < 4.78 is 0. The molecule has 3 aliphatic rings. The molecule has 11 heteroatoms. The summed E-state index contributed by atoms with van der Waals surface area (Å²) in [4.78, 5) is 36.4. The molecule has 0 amide bonds. The van der Waals surface area contributed by atoms with E-state index in [1.54, 1.807) is 0 Å². The number of hydrogen-bond donors (Lipinski definition) is 7. The van der Waals surface area contributed by atoms with Crippen molar-refractivity contribution in [2.24, 2.45) is 5.92 Å². The molecule has 5 rings (SSSR count). The first-order chi connectivity index (χ1) is 16.9. The highest BCUT2D eigenvalue weighted by Crippen LogP contribution is 2.40. The quantitative estimate of drug-likeness (QED) is 0.314. The molecule has 2 aromatic rings. The first kappa shape index (κ1) is 27.3. The second-order valence-electron chi connectivity index (χ2n) is 9.54. The zero-order valence-electron chi connectivity index (χ0n) is 20.4. The van der Waals surface area contributed by atoms with E-state index in [-0.39, 0.29) is 0 Å². The lowest BCUT2D eigenvalue weighted by atomic mass is 9.80. The summed E-state index contributed by atoms with van der Waals surface area (Å²) in [5.41, 5.74) is 4.83. The number of nitrogens with zero attached hydrogens (tertiary/aromatic N) is 1. The highest BCUT2D eigenvalue weighted by Gasteiger charge is 2.35. The number of nitrogens with one attached hydrogen (secondary N) is 2. The van der Waals surface area contributed by atoms with Crippen LogP contribution in [0.15, 0.2) is 30.5 Å². The number of carboxylic acids is 3. The number of likely N-dealkylation sites (N-methyl/N-ethyl adjacent to an activating group) is 1. The monoisotopic (exact) mass is 503 g/mol. The molecular weight excluding hydrogens is 470 g/mol. The Labute approximate surface area is 208 Å². The number of carboxylic acid groups (broad SMARTS) is 3. The van der Waals surface area contributed by atoms with Gasteiger partial charge in [-0.05, 0) is 56.5 Å². The maximum atomic E-state index is 11.3. The molecule has 7 N–H and O–H groups in total. The van der Waals surface area contributed by atoms with Crippen molar-refractivity contribution in [3.8, 4) is 0 Å². The lowest BCUT2D eigenvalue weighted by Gasteiger charge is -2.38. The second kappa shape index (κ2) is 11.2. The van der Waals surface area contributed by atoms with E-state index in [4.69, 9.17) is 20.4 Å². The third-order valence-electron chi connectivity index (χ3n) is 6.67. The van der Waals surface area contributed by atoms with E-state index >= 15 is 0 Å². The fraction of sp³-hybridized carbons (Fsp3) is 0.480. The van der Waals surface area contributed by atoms with Crippen LogP contribution in [0.4, 0.5) is 0 Å². The van der Waals surface area contributed by atoms with Crippen LogP contribution < -0.4 is 5.32 Å². The average molecular weight is 504 g/mol. The Balaban J connectivity index is 0.000000188. The molecule has 0 unspecified atom stereocenters. The number of hydrogen-bond acceptors (Lipinski definition) is 7. The van der Waals surface area contributed by atoms with E-state index in [0.29, 0.717) is 12.6 Å². The van der Waals surface area contributed by atoms with Crippen molar-refractivity contribution < 1.29 is 39.9 Å². The van der Waals surface area contributed by atoms with Crippen LogP contribution in [0.3, 0.4) is 0 Å². The fourth-order valence-electron chi connectivity index (χ4n) is 4.87. The summed E-state index contributed by atoms with van der Waals surface area (Å²) in [5.74, 6) is -4.69. The van der Waals surface area contributed by atoms with Crippen LogP contribution in [-0.2, 0) is 20.8 Å². The van der Waals surface area contributed by atoms with Crippen LogP contribution in [0.1, 0.15) is 31.4 Å².